The van der Waals surface area contributed by atoms with Gasteiger partial charge in [-0.05, 0) is 59.9 Å². The number of aromatic nitrogens is 1. The molecule has 1 N–H and O–H groups in total. The fourth-order valence-corrected chi connectivity index (χ4v) is 4.86. The highest BCUT2D eigenvalue weighted by molar-refractivity contribution is 7.15. The van der Waals surface area contributed by atoms with Crippen molar-refractivity contribution in [2.75, 3.05) is 7.11 Å². The minimum Gasteiger partial charge on any atom is -0.497 e. The maximum absolute atomic E-state index is 14.9. The van der Waals surface area contributed by atoms with Crippen LogP contribution in [0.15, 0.2) is 59.1 Å². The highest BCUT2D eigenvalue weighted by Crippen LogP contribution is 2.43. The molecule has 2 aromatic carbocycles. The third kappa shape index (κ3) is 7.69. The first kappa shape index (κ1) is 28.4. The van der Waals surface area contributed by atoms with Crippen LogP contribution in [0.5, 0.6) is 11.5 Å². The molecule has 1 aliphatic carbocycles. The van der Waals surface area contributed by atoms with Gasteiger partial charge in [-0.2, -0.15) is 0 Å². The second-order valence-electron chi connectivity index (χ2n) is 10.5. The maximum atomic E-state index is 14.9. The largest absolute Gasteiger partial charge is 0.497 e. The van der Waals surface area contributed by atoms with Gasteiger partial charge >= 0.3 is 5.97 Å². The number of carbonyl (C=O) groups is 1. The number of nitrogens with zero attached hydrogens (tertiary/aromatic N) is 1. The number of thiophene rings is 1. The van der Waals surface area contributed by atoms with E-state index in [9.17, 15) is 9.18 Å². The smallest absolute Gasteiger partial charge is 0.303 e. The van der Waals surface area contributed by atoms with Gasteiger partial charge in [0.2, 0.25) is 0 Å². The molecule has 8 heteroatoms. The molecule has 2 heterocycles. The van der Waals surface area contributed by atoms with E-state index in [2.05, 4.69) is 32.0 Å². The van der Waals surface area contributed by atoms with Crippen molar-refractivity contribution >= 4 is 17.3 Å². The highest BCUT2D eigenvalue weighted by atomic mass is 32.1. The zero-order chi connectivity index (χ0) is 28.0. The fraction of sp³-hybridized carbons (Fsp3) is 0.355. The van der Waals surface area contributed by atoms with Crippen LogP contribution in [0.3, 0.4) is 0 Å². The minimum absolute atomic E-state index is 0.0425. The predicted molar refractivity (Wildman–Crippen MR) is 151 cm³/mol. The van der Waals surface area contributed by atoms with E-state index < -0.39 is 11.8 Å². The number of hydrogen-bond donors (Lipinski definition) is 1. The number of hydrogen-bond acceptors (Lipinski definition) is 6. The van der Waals surface area contributed by atoms with Crippen LogP contribution >= 0.6 is 11.3 Å². The SMILES string of the molecule is C1CC1.COc1ccc(F)c(-c2onc(COc3cccc(CCC(=O)O)c3)c2-c2ccc(C(C)(C)C)s2)c1. The van der Waals surface area contributed by atoms with Gasteiger partial charge in [-0.1, -0.05) is 57.3 Å². The van der Waals surface area contributed by atoms with Crippen LogP contribution in [-0.2, 0) is 23.2 Å². The molecule has 1 saturated carbocycles. The van der Waals surface area contributed by atoms with Gasteiger partial charge in [0.15, 0.2) is 5.76 Å². The first-order valence-corrected chi connectivity index (χ1v) is 13.8. The molecule has 0 amide bonds. The summed E-state index contributed by atoms with van der Waals surface area (Å²) in [6, 6.07) is 15.8. The second-order valence-corrected chi connectivity index (χ2v) is 11.6. The van der Waals surface area contributed by atoms with Gasteiger partial charge in [0.05, 0.1) is 18.2 Å². The van der Waals surface area contributed by atoms with Gasteiger partial charge in [0, 0.05) is 16.2 Å². The zero-order valence-corrected chi connectivity index (χ0v) is 23.6. The second kappa shape index (κ2) is 12.5. The van der Waals surface area contributed by atoms with Gasteiger partial charge in [-0.25, -0.2) is 4.39 Å². The van der Waals surface area contributed by atoms with Gasteiger partial charge < -0.3 is 19.1 Å². The molecular formula is C31H34FNO5S. The van der Waals surface area contributed by atoms with E-state index in [0.717, 1.165) is 10.4 Å². The number of carboxylic acid groups (broad SMARTS) is 1. The summed E-state index contributed by atoms with van der Waals surface area (Å²) in [5.41, 5.74) is 2.27. The van der Waals surface area contributed by atoms with Crippen molar-refractivity contribution in [1.29, 1.82) is 0 Å². The van der Waals surface area contributed by atoms with Crippen LogP contribution in [0, 0.1) is 5.82 Å². The summed E-state index contributed by atoms with van der Waals surface area (Å²) in [6.45, 7) is 6.51. The molecular weight excluding hydrogens is 517 g/mol. The number of rotatable bonds is 9. The van der Waals surface area contributed by atoms with Crippen LogP contribution in [0.2, 0.25) is 0 Å². The standard InChI is InChI=1S/C28H28FNO5S.C3H6/c1-28(2,3)24-12-11-23(36-24)26-22(16-34-19-7-5-6-17(14-19)8-13-25(31)32)30-35-27(26)20-15-18(33-4)9-10-21(20)29;1-2-3-1/h5-7,9-12,14-15H,8,13,16H2,1-4H3,(H,31,32);1-3H2. The number of halogens is 1. The molecule has 0 bridgehead atoms. The summed E-state index contributed by atoms with van der Waals surface area (Å²) in [5.74, 6) is 0.104. The van der Waals surface area contributed by atoms with Crippen molar-refractivity contribution in [3.8, 4) is 33.3 Å². The van der Waals surface area contributed by atoms with Crippen molar-refractivity contribution in [3.05, 3.63) is 76.5 Å². The first-order valence-electron chi connectivity index (χ1n) is 13.0. The van der Waals surface area contributed by atoms with Crippen LogP contribution in [0.25, 0.3) is 21.8 Å². The molecule has 0 spiro atoms. The van der Waals surface area contributed by atoms with E-state index in [1.54, 1.807) is 29.5 Å². The Kier molecular flexibility index (Phi) is 9.07. The Bertz CT molecular complexity index is 1410. The Morgan fingerprint density at radius 1 is 1.08 bits per heavy atom. The number of aryl methyl sites for hydroxylation is 1. The molecule has 6 nitrogen and oxygen atoms in total. The van der Waals surface area contributed by atoms with Crippen LogP contribution < -0.4 is 9.47 Å². The lowest BCUT2D eigenvalue weighted by atomic mass is 9.95. The summed E-state index contributed by atoms with van der Waals surface area (Å²) in [5, 5.41) is 13.2. The summed E-state index contributed by atoms with van der Waals surface area (Å²) in [7, 11) is 1.52. The minimum atomic E-state index is -0.851. The Morgan fingerprint density at radius 3 is 2.49 bits per heavy atom. The molecule has 0 aliphatic heterocycles. The lowest BCUT2D eigenvalue weighted by molar-refractivity contribution is -0.136. The number of ether oxygens (including phenoxy) is 2. The molecule has 2 aromatic heterocycles. The van der Waals surface area contributed by atoms with Gasteiger partial charge in [0.25, 0.3) is 0 Å². The molecule has 1 fully saturated rings. The Labute approximate surface area is 232 Å². The van der Waals surface area contributed by atoms with Gasteiger partial charge in [-0.15, -0.1) is 11.3 Å². The molecule has 5 rings (SSSR count). The quantitative estimate of drug-likeness (QED) is 0.225. The van der Waals surface area contributed by atoms with Crippen molar-refractivity contribution < 1.29 is 28.3 Å². The molecule has 0 atom stereocenters. The Balaban J connectivity index is 0.00000110. The van der Waals surface area contributed by atoms with Crippen molar-refractivity contribution in [3.63, 3.8) is 0 Å². The van der Waals surface area contributed by atoms with Crippen LogP contribution in [0.1, 0.15) is 62.6 Å². The van der Waals surface area contributed by atoms with E-state index in [4.69, 9.17) is 19.1 Å². The molecule has 0 unspecified atom stereocenters. The van der Waals surface area contributed by atoms with Crippen LogP contribution in [-0.4, -0.2) is 23.3 Å². The number of benzene rings is 2. The molecule has 0 radical (unpaired) electrons. The maximum Gasteiger partial charge on any atom is 0.303 e. The van der Waals surface area contributed by atoms with E-state index in [1.165, 1.54) is 37.3 Å². The lowest BCUT2D eigenvalue weighted by Crippen LogP contribution is -2.07. The number of carboxylic acids is 1. The lowest BCUT2D eigenvalue weighted by Gasteiger charge is -2.15. The summed E-state index contributed by atoms with van der Waals surface area (Å²) >= 11 is 1.60. The zero-order valence-electron chi connectivity index (χ0n) is 22.8. The number of aliphatic carboxylic acids is 1. The fourth-order valence-electron chi connectivity index (χ4n) is 3.73. The third-order valence-electron chi connectivity index (χ3n) is 6.03. The summed E-state index contributed by atoms with van der Waals surface area (Å²) in [6.07, 6.45) is 4.95. The van der Waals surface area contributed by atoms with Gasteiger partial charge in [-0.3, -0.25) is 4.79 Å². The Hall–Kier alpha value is -3.65. The van der Waals surface area contributed by atoms with Crippen molar-refractivity contribution in [2.45, 2.75) is 64.9 Å². The molecule has 1 aliphatic rings. The molecule has 39 heavy (non-hydrogen) atoms. The van der Waals surface area contributed by atoms with Crippen LogP contribution in [0.4, 0.5) is 4.39 Å². The van der Waals surface area contributed by atoms with E-state index in [1.807, 2.05) is 24.3 Å². The molecule has 0 saturated heterocycles. The monoisotopic (exact) mass is 551 g/mol. The summed E-state index contributed by atoms with van der Waals surface area (Å²) < 4.78 is 31.9. The Morgan fingerprint density at radius 2 is 1.85 bits per heavy atom. The normalized spacial score (nSPS) is 12.4. The van der Waals surface area contributed by atoms with Crippen molar-refractivity contribution in [2.24, 2.45) is 0 Å². The average Bonchev–Trinajstić information content (AvgIpc) is 3.60. The molecule has 4 aromatic rings. The topological polar surface area (TPSA) is 81.8 Å². The average molecular weight is 552 g/mol. The van der Waals surface area contributed by atoms with E-state index in [0.29, 0.717) is 34.9 Å². The summed E-state index contributed by atoms with van der Waals surface area (Å²) in [4.78, 5) is 13.0. The highest BCUT2D eigenvalue weighted by Gasteiger charge is 2.26. The first-order chi connectivity index (χ1) is 18.7. The predicted octanol–water partition coefficient (Wildman–Crippen LogP) is 8.28. The number of methoxy groups -OCH3 is 1. The van der Waals surface area contributed by atoms with E-state index >= 15 is 0 Å². The van der Waals surface area contributed by atoms with Crippen molar-refractivity contribution in [1.82, 2.24) is 5.16 Å². The van der Waals surface area contributed by atoms with E-state index in [-0.39, 0.29) is 24.0 Å². The third-order valence-corrected chi connectivity index (χ3v) is 7.56. The molecule has 206 valence electrons. The van der Waals surface area contributed by atoms with Gasteiger partial charge in [0.1, 0.15) is 29.6 Å².